The summed E-state index contributed by atoms with van der Waals surface area (Å²) in [6.45, 7) is 4.26. The van der Waals surface area contributed by atoms with Gasteiger partial charge in [-0.05, 0) is 19.4 Å². The Morgan fingerprint density at radius 3 is 2.83 bits per heavy atom. The van der Waals surface area contributed by atoms with E-state index in [1.54, 1.807) is 13.0 Å². The van der Waals surface area contributed by atoms with Crippen LogP contribution in [0.5, 0.6) is 0 Å². The number of aromatic nitrogens is 1. The lowest BCUT2D eigenvalue weighted by atomic mass is 10.1. The largest absolute Gasteiger partial charge is 0.360 e. The van der Waals surface area contributed by atoms with Gasteiger partial charge in [0.05, 0.1) is 0 Å². The fourth-order valence-electron chi connectivity index (χ4n) is 1.59. The lowest BCUT2D eigenvalue weighted by Crippen LogP contribution is -2.28. The van der Waals surface area contributed by atoms with Crippen molar-refractivity contribution in [2.75, 3.05) is 5.32 Å². The Kier molecular flexibility index (Phi) is 3.62. The first-order chi connectivity index (χ1) is 8.63. The van der Waals surface area contributed by atoms with E-state index in [0.717, 1.165) is 5.56 Å². The molecule has 0 unspecified atom stereocenters. The van der Waals surface area contributed by atoms with Crippen LogP contribution in [0.25, 0.3) is 0 Å². The number of aryl methyl sites for hydroxylation is 2. The molecule has 2 rings (SSSR count). The quantitative estimate of drug-likeness (QED) is 0.873. The molecule has 0 spiro atoms. The first kappa shape index (κ1) is 12.2. The van der Waals surface area contributed by atoms with Crippen LogP contribution in [0, 0.1) is 13.8 Å². The first-order valence-corrected chi connectivity index (χ1v) is 5.67. The SMILES string of the molecule is Cc1cccc(CNC(=O)Nc2cc(C)on2)c1. The maximum Gasteiger partial charge on any atom is 0.320 e. The van der Waals surface area contributed by atoms with Gasteiger partial charge in [-0.25, -0.2) is 4.79 Å². The van der Waals surface area contributed by atoms with Gasteiger partial charge in [0.15, 0.2) is 5.82 Å². The van der Waals surface area contributed by atoms with Crippen LogP contribution in [0.4, 0.5) is 10.6 Å². The van der Waals surface area contributed by atoms with Crippen molar-refractivity contribution in [1.82, 2.24) is 10.5 Å². The molecule has 1 aromatic heterocycles. The second kappa shape index (κ2) is 5.35. The van der Waals surface area contributed by atoms with Crippen LogP contribution in [-0.4, -0.2) is 11.2 Å². The van der Waals surface area contributed by atoms with Crippen molar-refractivity contribution in [2.45, 2.75) is 20.4 Å². The zero-order valence-electron chi connectivity index (χ0n) is 10.4. The molecule has 18 heavy (non-hydrogen) atoms. The van der Waals surface area contributed by atoms with Gasteiger partial charge in [-0.15, -0.1) is 0 Å². The number of hydrogen-bond acceptors (Lipinski definition) is 3. The summed E-state index contributed by atoms with van der Waals surface area (Å²) in [7, 11) is 0. The highest BCUT2D eigenvalue weighted by molar-refractivity contribution is 5.88. The predicted octanol–water partition coefficient (Wildman–Crippen LogP) is 2.61. The van der Waals surface area contributed by atoms with E-state index in [4.69, 9.17) is 4.52 Å². The van der Waals surface area contributed by atoms with Gasteiger partial charge in [0, 0.05) is 12.6 Å². The molecule has 0 aliphatic heterocycles. The number of benzene rings is 1. The average molecular weight is 245 g/mol. The number of amides is 2. The molecule has 2 amide bonds. The normalized spacial score (nSPS) is 10.1. The highest BCUT2D eigenvalue weighted by atomic mass is 16.5. The van der Waals surface area contributed by atoms with Crippen molar-refractivity contribution in [3.63, 3.8) is 0 Å². The summed E-state index contributed by atoms with van der Waals surface area (Å²) in [5.74, 6) is 1.07. The summed E-state index contributed by atoms with van der Waals surface area (Å²) >= 11 is 0. The molecule has 94 valence electrons. The van der Waals surface area contributed by atoms with Crippen molar-refractivity contribution < 1.29 is 9.32 Å². The Bertz CT molecular complexity index is 549. The average Bonchev–Trinajstić information content (AvgIpc) is 2.72. The number of carbonyl (C=O) groups is 1. The van der Waals surface area contributed by atoms with Gasteiger partial charge >= 0.3 is 6.03 Å². The van der Waals surface area contributed by atoms with E-state index >= 15 is 0 Å². The molecule has 2 N–H and O–H groups in total. The van der Waals surface area contributed by atoms with Gasteiger partial charge in [-0.2, -0.15) is 0 Å². The van der Waals surface area contributed by atoms with Crippen LogP contribution in [0.1, 0.15) is 16.9 Å². The number of nitrogens with zero attached hydrogens (tertiary/aromatic N) is 1. The smallest absolute Gasteiger partial charge is 0.320 e. The number of rotatable bonds is 3. The molecule has 0 radical (unpaired) electrons. The van der Waals surface area contributed by atoms with Crippen LogP contribution in [0.3, 0.4) is 0 Å². The van der Waals surface area contributed by atoms with E-state index in [2.05, 4.69) is 15.8 Å². The van der Waals surface area contributed by atoms with E-state index in [1.807, 2.05) is 31.2 Å². The second-order valence-corrected chi connectivity index (χ2v) is 4.12. The van der Waals surface area contributed by atoms with Gasteiger partial charge < -0.3 is 9.84 Å². The number of carbonyl (C=O) groups excluding carboxylic acids is 1. The van der Waals surface area contributed by atoms with Gasteiger partial charge in [-0.1, -0.05) is 35.0 Å². The predicted molar refractivity (Wildman–Crippen MR) is 68.3 cm³/mol. The molecule has 0 aliphatic carbocycles. The topological polar surface area (TPSA) is 67.2 Å². The van der Waals surface area contributed by atoms with Crippen LogP contribution in [-0.2, 0) is 6.54 Å². The van der Waals surface area contributed by atoms with Gasteiger partial charge in [0.2, 0.25) is 0 Å². The monoisotopic (exact) mass is 245 g/mol. The minimum atomic E-state index is -0.301. The van der Waals surface area contributed by atoms with Gasteiger partial charge in [0.25, 0.3) is 0 Å². The molecule has 0 bridgehead atoms. The van der Waals surface area contributed by atoms with Crippen molar-refractivity contribution in [3.8, 4) is 0 Å². The molecule has 1 heterocycles. The molecular formula is C13H15N3O2. The minimum absolute atomic E-state index is 0.301. The van der Waals surface area contributed by atoms with Crippen molar-refractivity contribution in [1.29, 1.82) is 0 Å². The highest BCUT2D eigenvalue weighted by Gasteiger charge is 2.05. The highest BCUT2D eigenvalue weighted by Crippen LogP contribution is 2.07. The third-order valence-corrected chi connectivity index (χ3v) is 2.41. The third kappa shape index (κ3) is 3.35. The summed E-state index contributed by atoms with van der Waals surface area (Å²) in [5.41, 5.74) is 2.23. The molecule has 1 aromatic carbocycles. The van der Waals surface area contributed by atoms with Crippen LogP contribution < -0.4 is 10.6 Å². The molecule has 5 nitrogen and oxygen atoms in total. The van der Waals surface area contributed by atoms with E-state index < -0.39 is 0 Å². The zero-order valence-corrected chi connectivity index (χ0v) is 10.4. The zero-order chi connectivity index (χ0) is 13.0. The van der Waals surface area contributed by atoms with Crippen molar-refractivity contribution >= 4 is 11.8 Å². The first-order valence-electron chi connectivity index (χ1n) is 5.67. The number of nitrogens with one attached hydrogen (secondary N) is 2. The van der Waals surface area contributed by atoms with E-state index in [9.17, 15) is 4.79 Å². The van der Waals surface area contributed by atoms with E-state index in [-0.39, 0.29) is 6.03 Å². The number of anilines is 1. The number of urea groups is 1. The van der Waals surface area contributed by atoms with Crippen LogP contribution in [0.2, 0.25) is 0 Å². The lowest BCUT2D eigenvalue weighted by molar-refractivity contribution is 0.251. The minimum Gasteiger partial charge on any atom is -0.360 e. The molecule has 0 aliphatic rings. The summed E-state index contributed by atoms with van der Waals surface area (Å²) < 4.78 is 4.85. The second-order valence-electron chi connectivity index (χ2n) is 4.12. The molecule has 0 saturated carbocycles. The molecule has 0 saturated heterocycles. The van der Waals surface area contributed by atoms with Gasteiger partial charge in [-0.3, -0.25) is 5.32 Å². The Morgan fingerprint density at radius 2 is 2.17 bits per heavy atom. The lowest BCUT2D eigenvalue weighted by Gasteiger charge is -2.05. The van der Waals surface area contributed by atoms with Crippen LogP contribution >= 0.6 is 0 Å². The Morgan fingerprint density at radius 1 is 1.33 bits per heavy atom. The fraction of sp³-hybridized carbons (Fsp3) is 0.231. The molecule has 5 heteroatoms. The Labute approximate surface area is 105 Å². The molecular weight excluding hydrogens is 230 g/mol. The fourth-order valence-corrected chi connectivity index (χ4v) is 1.59. The Balaban J connectivity index is 1.85. The van der Waals surface area contributed by atoms with Crippen LogP contribution in [0.15, 0.2) is 34.9 Å². The summed E-state index contributed by atoms with van der Waals surface area (Å²) in [6.07, 6.45) is 0. The summed E-state index contributed by atoms with van der Waals surface area (Å²) in [5, 5.41) is 9.02. The standard InChI is InChI=1S/C13H15N3O2/c1-9-4-3-5-11(6-9)8-14-13(17)15-12-7-10(2)18-16-12/h3-7H,8H2,1-2H3,(H2,14,15,16,17). The maximum atomic E-state index is 11.6. The number of hydrogen-bond donors (Lipinski definition) is 2. The van der Waals surface area contributed by atoms with E-state index in [1.165, 1.54) is 5.56 Å². The maximum absolute atomic E-state index is 11.6. The summed E-state index contributed by atoms with van der Waals surface area (Å²) in [6, 6.07) is 9.33. The third-order valence-electron chi connectivity index (χ3n) is 2.41. The molecule has 0 fully saturated rings. The van der Waals surface area contributed by atoms with Crippen molar-refractivity contribution in [2.24, 2.45) is 0 Å². The van der Waals surface area contributed by atoms with Gasteiger partial charge in [0.1, 0.15) is 5.76 Å². The summed E-state index contributed by atoms with van der Waals surface area (Å²) in [4.78, 5) is 11.6. The Hall–Kier alpha value is -2.30. The molecule has 0 atom stereocenters. The van der Waals surface area contributed by atoms with E-state index in [0.29, 0.717) is 18.1 Å². The van der Waals surface area contributed by atoms with Crippen molar-refractivity contribution in [3.05, 3.63) is 47.2 Å². The molecule has 2 aromatic rings.